The van der Waals surface area contributed by atoms with Crippen LogP contribution < -0.4 is 10.5 Å². The number of fused-ring (bicyclic) bond motifs is 3. The summed E-state index contributed by atoms with van der Waals surface area (Å²) in [5, 5.41) is 10.6. The summed E-state index contributed by atoms with van der Waals surface area (Å²) in [4.78, 5) is 34.2. The van der Waals surface area contributed by atoms with Crippen molar-refractivity contribution in [3.05, 3.63) is 106 Å². The number of carbonyl (C=O) groups excluding carboxylic acids is 2. The summed E-state index contributed by atoms with van der Waals surface area (Å²) in [7, 11) is 0. The second-order valence-corrected chi connectivity index (χ2v) is 7.40. The van der Waals surface area contributed by atoms with E-state index < -0.39 is 17.0 Å². The molecule has 172 valence electrons. The third-order valence-electron chi connectivity index (χ3n) is 5.33. The van der Waals surface area contributed by atoms with Crippen molar-refractivity contribution < 1.29 is 28.7 Å². The third kappa shape index (κ3) is 4.88. The number of nitro groups is 1. The Bertz CT molecular complexity index is 1220. The number of nitrogens with two attached hydrogens (primary N) is 1. The Morgan fingerprint density at radius 3 is 2.09 bits per heavy atom. The minimum absolute atomic E-state index is 0.0732. The van der Waals surface area contributed by atoms with Gasteiger partial charge in [-0.2, -0.15) is 0 Å². The fourth-order valence-corrected chi connectivity index (χ4v) is 3.73. The van der Waals surface area contributed by atoms with Crippen molar-refractivity contribution in [2.75, 3.05) is 13.2 Å². The van der Waals surface area contributed by atoms with Gasteiger partial charge in [-0.25, -0.2) is 9.59 Å². The minimum Gasteiger partial charge on any atom is -0.460 e. The topological polar surface area (TPSA) is 131 Å². The predicted octanol–water partition coefficient (Wildman–Crippen LogP) is 4.31. The molecule has 1 aliphatic rings. The first-order chi connectivity index (χ1) is 16.4. The van der Waals surface area contributed by atoms with E-state index in [4.69, 9.17) is 19.9 Å². The molecule has 0 saturated heterocycles. The van der Waals surface area contributed by atoms with Gasteiger partial charge in [0.05, 0.1) is 4.92 Å². The number of rotatable bonds is 7. The fraction of sp³-hybridized carbons (Fsp3) is 0.120. The Morgan fingerprint density at radius 2 is 1.50 bits per heavy atom. The van der Waals surface area contributed by atoms with Gasteiger partial charge in [-0.1, -0.05) is 48.5 Å². The lowest BCUT2D eigenvalue weighted by Gasteiger charge is -2.14. The maximum Gasteiger partial charge on any atom is 0.514 e. The van der Waals surface area contributed by atoms with E-state index >= 15 is 0 Å². The highest BCUT2D eigenvalue weighted by Gasteiger charge is 2.29. The van der Waals surface area contributed by atoms with Crippen molar-refractivity contribution in [3.8, 4) is 16.9 Å². The molecule has 0 aromatic heterocycles. The van der Waals surface area contributed by atoms with Crippen LogP contribution >= 0.6 is 0 Å². The zero-order valence-corrected chi connectivity index (χ0v) is 17.9. The van der Waals surface area contributed by atoms with Gasteiger partial charge in [-0.15, -0.1) is 0 Å². The molecular formula is C25H20N2O7. The van der Waals surface area contributed by atoms with Crippen molar-refractivity contribution in [2.45, 2.75) is 5.92 Å². The number of nitro benzene ring substituents is 1. The van der Waals surface area contributed by atoms with E-state index in [0.717, 1.165) is 22.3 Å². The molecule has 4 rings (SSSR count). The lowest BCUT2D eigenvalue weighted by atomic mass is 9.98. The Labute approximate surface area is 194 Å². The van der Waals surface area contributed by atoms with Crippen molar-refractivity contribution in [3.63, 3.8) is 0 Å². The van der Waals surface area contributed by atoms with Gasteiger partial charge in [0, 0.05) is 18.1 Å². The molecule has 0 radical (unpaired) electrons. The molecule has 0 heterocycles. The van der Waals surface area contributed by atoms with Crippen LogP contribution in [0.3, 0.4) is 0 Å². The second kappa shape index (κ2) is 9.86. The first-order valence-corrected chi connectivity index (χ1v) is 10.3. The highest BCUT2D eigenvalue weighted by molar-refractivity contribution is 5.87. The molecule has 9 heteroatoms. The maximum atomic E-state index is 12.3. The third-order valence-corrected chi connectivity index (χ3v) is 5.33. The van der Waals surface area contributed by atoms with Crippen molar-refractivity contribution in [1.29, 1.82) is 0 Å². The lowest BCUT2D eigenvalue weighted by molar-refractivity contribution is -0.384. The van der Waals surface area contributed by atoms with Crippen molar-refractivity contribution in [1.82, 2.24) is 0 Å². The van der Waals surface area contributed by atoms with Crippen LogP contribution in [0.1, 0.15) is 17.0 Å². The number of ether oxygens (including phenoxy) is 3. The SMILES string of the molecule is NC(=CCOC(=O)Oc1ccc([N+](=O)[O-])cc1)C(=O)OCC1c2ccccc2-c2ccccc21. The number of benzene rings is 3. The number of nitrogens with zero attached hydrogens (tertiary/aromatic N) is 1. The van der Waals surface area contributed by atoms with E-state index in [1.807, 2.05) is 48.5 Å². The first-order valence-electron chi connectivity index (χ1n) is 10.3. The molecule has 9 nitrogen and oxygen atoms in total. The van der Waals surface area contributed by atoms with Crippen LogP contribution in [0.2, 0.25) is 0 Å². The summed E-state index contributed by atoms with van der Waals surface area (Å²) in [6, 6.07) is 20.8. The number of hydrogen-bond acceptors (Lipinski definition) is 8. The largest absolute Gasteiger partial charge is 0.514 e. The number of carbonyl (C=O) groups is 2. The zero-order chi connectivity index (χ0) is 24.1. The quantitative estimate of drug-likeness (QED) is 0.181. The van der Waals surface area contributed by atoms with Crippen LogP contribution in [0.5, 0.6) is 5.75 Å². The van der Waals surface area contributed by atoms with Crippen molar-refractivity contribution in [2.24, 2.45) is 5.73 Å². The Morgan fingerprint density at radius 1 is 0.912 bits per heavy atom. The second-order valence-electron chi connectivity index (χ2n) is 7.40. The monoisotopic (exact) mass is 460 g/mol. The van der Waals surface area contributed by atoms with Gasteiger partial charge in [0.1, 0.15) is 24.7 Å². The van der Waals surface area contributed by atoms with Gasteiger partial charge in [0.2, 0.25) is 0 Å². The fourth-order valence-electron chi connectivity index (χ4n) is 3.73. The smallest absolute Gasteiger partial charge is 0.460 e. The lowest BCUT2D eigenvalue weighted by Crippen LogP contribution is -2.19. The molecule has 0 fully saturated rings. The Hall–Kier alpha value is -4.66. The molecule has 0 spiro atoms. The van der Waals surface area contributed by atoms with Gasteiger partial charge in [-0.05, 0) is 40.5 Å². The van der Waals surface area contributed by atoms with Gasteiger partial charge < -0.3 is 19.9 Å². The molecule has 1 aliphatic carbocycles. The van der Waals surface area contributed by atoms with Gasteiger partial charge >= 0.3 is 12.1 Å². The molecule has 0 atom stereocenters. The van der Waals surface area contributed by atoms with E-state index in [1.54, 1.807) is 0 Å². The average Bonchev–Trinajstić information content (AvgIpc) is 3.16. The summed E-state index contributed by atoms with van der Waals surface area (Å²) < 4.78 is 15.2. The average molecular weight is 460 g/mol. The molecule has 3 aromatic carbocycles. The molecule has 0 saturated carbocycles. The van der Waals surface area contributed by atoms with Crippen LogP contribution in [-0.4, -0.2) is 30.3 Å². The van der Waals surface area contributed by atoms with Gasteiger partial charge in [0.15, 0.2) is 0 Å². The van der Waals surface area contributed by atoms with E-state index in [1.165, 1.54) is 30.3 Å². The summed E-state index contributed by atoms with van der Waals surface area (Å²) in [5.41, 5.74) is 9.81. The van der Waals surface area contributed by atoms with Crippen LogP contribution in [-0.2, 0) is 14.3 Å². The first kappa shape index (κ1) is 22.5. The molecule has 0 unspecified atom stereocenters. The molecule has 34 heavy (non-hydrogen) atoms. The van der Waals surface area contributed by atoms with Gasteiger partial charge in [0.25, 0.3) is 5.69 Å². The molecule has 3 aromatic rings. The van der Waals surface area contributed by atoms with Crippen molar-refractivity contribution >= 4 is 17.8 Å². The molecule has 2 N–H and O–H groups in total. The predicted molar refractivity (Wildman–Crippen MR) is 122 cm³/mol. The molecule has 0 amide bonds. The minimum atomic E-state index is -1.05. The normalized spacial score (nSPS) is 12.4. The molecule has 0 bridgehead atoms. The summed E-state index contributed by atoms with van der Waals surface area (Å²) in [6.45, 7) is -0.202. The van der Waals surface area contributed by atoms with Crippen LogP contribution in [0.4, 0.5) is 10.5 Å². The van der Waals surface area contributed by atoms with Crippen LogP contribution in [0.15, 0.2) is 84.6 Å². The van der Waals surface area contributed by atoms with Gasteiger partial charge in [-0.3, -0.25) is 10.1 Å². The van der Waals surface area contributed by atoms with E-state index in [9.17, 15) is 19.7 Å². The molecular weight excluding hydrogens is 440 g/mol. The van der Waals surface area contributed by atoms with E-state index in [2.05, 4.69) is 0 Å². The Balaban J connectivity index is 1.29. The number of esters is 1. The molecule has 0 aliphatic heterocycles. The zero-order valence-electron chi connectivity index (χ0n) is 17.9. The standard InChI is InChI=1S/C25H20N2O7/c26-23(13-14-32-25(29)34-17-11-9-16(10-12-17)27(30)31)24(28)33-15-22-20-7-3-1-5-18(20)19-6-2-4-8-21(19)22/h1-13,22H,14-15,26H2. The summed E-state index contributed by atoms with van der Waals surface area (Å²) >= 11 is 0. The summed E-state index contributed by atoms with van der Waals surface area (Å²) in [6.07, 6.45) is 0.154. The number of hydrogen-bond donors (Lipinski definition) is 1. The highest BCUT2D eigenvalue weighted by Crippen LogP contribution is 2.44. The number of non-ortho nitro benzene ring substituents is 1. The maximum absolute atomic E-state index is 12.3. The van der Waals surface area contributed by atoms with E-state index in [-0.39, 0.29) is 36.3 Å². The Kier molecular flexibility index (Phi) is 6.54. The van der Waals surface area contributed by atoms with Crippen LogP contribution in [0.25, 0.3) is 11.1 Å². The van der Waals surface area contributed by atoms with E-state index in [0.29, 0.717) is 0 Å². The highest BCUT2D eigenvalue weighted by atomic mass is 16.7. The summed E-state index contributed by atoms with van der Waals surface area (Å²) in [5.74, 6) is -0.754. The van der Waals surface area contributed by atoms with Crippen LogP contribution in [0, 0.1) is 10.1 Å².